The number of methoxy groups -OCH3 is 2. The average molecular weight is 358 g/mol. The van der Waals surface area contributed by atoms with Gasteiger partial charge in [-0.15, -0.1) is 0 Å². The minimum atomic E-state index is -0.614. The quantitative estimate of drug-likeness (QED) is 0.862. The molecule has 0 aliphatic carbocycles. The van der Waals surface area contributed by atoms with Gasteiger partial charge in [0.25, 0.3) is 0 Å². The molecule has 0 bridgehead atoms. The number of hydrogen-bond acceptors (Lipinski definition) is 3. The molecule has 6 heteroatoms. The minimum absolute atomic E-state index is 0.0836. The Morgan fingerprint density at radius 3 is 2.33 bits per heavy atom. The van der Waals surface area contributed by atoms with E-state index in [0.29, 0.717) is 12.3 Å². The van der Waals surface area contributed by atoms with Crippen molar-refractivity contribution in [1.82, 2.24) is 0 Å². The molecule has 0 saturated heterocycles. The molecular formula is C15H14BrF2NO2. The molecule has 2 aromatic rings. The zero-order valence-electron chi connectivity index (χ0n) is 11.5. The lowest BCUT2D eigenvalue weighted by molar-refractivity contribution is 0.383. The van der Waals surface area contributed by atoms with Gasteiger partial charge in [-0.25, -0.2) is 8.78 Å². The van der Waals surface area contributed by atoms with E-state index >= 15 is 0 Å². The number of benzene rings is 2. The lowest BCUT2D eigenvalue weighted by atomic mass is 10.2. The Bertz CT molecular complexity index is 650. The third kappa shape index (κ3) is 3.64. The maximum atomic E-state index is 13.8. The first-order valence-electron chi connectivity index (χ1n) is 6.14. The molecule has 0 fully saturated rings. The molecule has 0 aliphatic heterocycles. The van der Waals surface area contributed by atoms with Crippen LogP contribution in [0.2, 0.25) is 0 Å². The van der Waals surface area contributed by atoms with Crippen molar-refractivity contribution in [1.29, 1.82) is 0 Å². The van der Waals surface area contributed by atoms with E-state index < -0.39 is 11.6 Å². The van der Waals surface area contributed by atoms with Gasteiger partial charge in [-0.3, -0.25) is 0 Å². The molecular weight excluding hydrogens is 344 g/mol. The van der Waals surface area contributed by atoms with Crippen molar-refractivity contribution >= 4 is 21.6 Å². The molecule has 0 aromatic heterocycles. The Morgan fingerprint density at radius 1 is 1.00 bits per heavy atom. The van der Waals surface area contributed by atoms with Gasteiger partial charge in [0.15, 0.2) is 11.6 Å². The van der Waals surface area contributed by atoms with E-state index in [1.165, 1.54) is 7.11 Å². The number of nitrogens with one attached hydrogen (secondary N) is 1. The van der Waals surface area contributed by atoms with Gasteiger partial charge in [0.1, 0.15) is 11.6 Å². The molecule has 0 atom stereocenters. The first kappa shape index (κ1) is 15.6. The van der Waals surface area contributed by atoms with Crippen LogP contribution in [0.25, 0.3) is 0 Å². The van der Waals surface area contributed by atoms with E-state index in [4.69, 9.17) is 9.47 Å². The molecule has 0 aliphatic rings. The summed E-state index contributed by atoms with van der Waals surface area (Å²) in [6.07, 6.45) is 0. The fraction of sp³-hybridized carbons (Fsp3) is 0.200. The summed E-state index contributed by atoms with van der Waals surface area (Å²) >= 11 is 3.38. The highest BCUT2D eigenvalue weighted by molar-refractivity contribution is 9.10. The van der Waals surface area contributed by atoms with Gasteiger partial charge >= 0.3 is 0 Å². The van der Waals surface area contributed by atoms with Crippen molar-refractivity contribution in [2.75, 3.05) is 19.5 Å². The van der Waals surface area contributed by atoms with Gasteiger partial charge in [0, 0.05) is 18.7 Å². The normalized spacial score (nSPS) is 10.3. The lowest BCUT2D eigenvalue weighted by Crippen LogP contribution is -2.03. The second kappa shape index (κ2) is 6.76. The fourth-order valence-electron chi connectivity index (χ4n) is 1.84. The summed E-state index contributed by atoms with van der Waals surface area (Å²) < 4.78 is 38.0. The Kier molecular flexibility index (Phi) is 5.01. The number of rotatable bonds is 5. The van der Waals surface area contributed by atoms with Crippen LogP contribution in [0.3, 0.4) is 0 Å². The molecule has 1 N–H and O–H groups in total. The Morgan fingerprint density at radius 2 is 1.71 bits per heavy atom. The zero-order valence-corrected chi connectivity index (χ0v) is 13.1. The molecule has 0 spiro atoms. The molecule has 0 saturated carbocycles. The van der Waals surface area contributed by atoms with Crippen LogP contribution in [-0.4, -0.2) is 14.2 Å². The Labute approximate surface area is 130 Å². The number of anilines is 1. The van der Waals surface area contributed by atoms with Crippen LogP contribution in [0, 0.1) is 11.6 Å². The van der Waals surface area contributed by atoms with E-state index in [0.717, 1.165) is 22.2 Å². The van der Waals surface area contributed by atoms with Crippen molar-refractivity contribution in [3.63, 3.8) is 0 Å². The summed E-state index contributed by atoms with van der Waals surface area (Å²) in [7, 11) is 2.87. The smallest absolute Gasteiger partial charge is 0.167 e. The summed E-state index contributed by atoms with van der Waals surface area (Å²) in [6.45, 7) is 0.352. The summed E-state index contributed by atoms with van der Waals surface area (Å²) in [5.74, 6) is -0.594. The Hall–Kier alpha value is -1.82. The fourth-order valence-corrected chi connectivity index (χ4v) is 2.43. The third-order valence-electron chi connectivity index (χ3n) is 2.94. The maximum Gasteiger partial charge on any atom is 0.167 e. The summed E-state index contributed by atoms with van der Waals surface area (Å²) in [4.78, 5) is 0. The molecule has 0 unspecified atom stereocenters. The standard InChI is InChI=1S/C15H14BrF2NO2/c1-20-14-4-3-9(5-10(14)16)8-19-13-6-12(18)15(21-2)7-11(13)17/h3-7,19H,8H2,1-2H3. The van der Waals surface area contributed by atoms with Crippen LogP contribution in [0.1, 0.15) is 5.56 Å². The minimum Gasteiger partial charge on any atom is -0.496 e. The van der Waals surface area contributed by atoms with Gasteiger partial charge in [-0.1, -0.05) is 6.07 Å². The summed E-state index contributed by atoms with van der Waals surface area (Å²) in [5, 5.41) is 2.85. The van der Waals surface area contributed by atoms with Crippen molar-refractivity contribution in [3.05, 3.63) is 52.0 Å². The average Bonchev–Trinajstić information content (AvgIpc) is 2.47. The monoisotopic (exact) mass is 357 g/mol. The number of hydrogen-bond donors (Lipinski definition) is 1. The number of halogens is 3. The first-order chi connectivity index (χ1) is 10.0. The number of ether oxygens (including phenoxy) is 2. The second-order valence-electron chi connectivity index (χ2n) is 4.29. The van der Waals surface area contributed by atoms with Crippen LogP contribution in [0.5, 0.6) is 11.5 Å². The predicted molar refractivity (Wildman–Crippen MR) is 80.9 cm³/mol. The molecule has 2 rings (SSSR count). The van der Waals surface area contributed by atoms with Crippen LogP contribution < -0.4 is 14.8 Å². The molecule has 0 heterocycles. The van der Waals surface area contributed by atoms with Gasteiger partial charge in [-0.05, 0) is 33.6 Å². The summed E-state index contributed by atoms with van der Waals surface area (Å²) in [6, 6.07) is 7.58. The van der Waals surface area contributed by atoms with Gasteiger partial charge in [0.2, 0.25) is 0 Å². The summed E-state index contributed by atoms with van der Waals surface area (Å²) in [5.41, 5.74) is 0.985. The first-order valence-corrected chi connectivity index (χ1v) is 6.93. The highest BCUT2D eigenvalue weighted by Gasteiger charge is 2.10. The van der Waals surface area contributed by atoms with E-state index in [2.05, 4.69) is 21.2 Å². The van der Waals surface area contributed by atoms with Crippen molar-refractivity contribution in [2.24, 2.45) is 0 Å². The topological polar surface area (TPSA) is 30.5 Å². The molecule has 0 amide bonds. The van der Waals surface area contributed by atoms with Gasteiger partial charge in [-0.2, -0.15) is 0 Å². The van der Waals surface area contributed by atoms with Crippen LogP contribution in [0.4, 0.5) is 14.5 Å². The molecule has 21 heavy (non-hydrogen) atoms. The van der Waals surface area contributed by atoms with Gasteiger partial charge < -0.3 is 14.8 Å². The van der Waals surface area contributed by atoms with E-state index in [9.17, 15) is 8.78 Å². The van der Waals surface area contributed by atoms with Crippen LogP contribution >= 0.6 is 15.9 Å². The molecule has 3 nitrogen and oxygen atoms in total. The van der Waals surface area contributed by atoms with E-state index in [1.54, 1.807) is 13.2 Å². The molecule has 2 aromatic carbocycles. The Balaban J connectivity index is 2.13. The van der Waals surface area contributed by atoms with Crippen molar-refractivity contribution < 1.29 is 18.3 Å². The highest BCUT2D eigenvalue weighted by Crippen LogP contribution is 2.27. The third-order valence-corrected chi connectivity index (χ3v) is 3.56. The van der Waals surface area contributed by atoms with Crippen LogP contribution in [0.15, 0.2) is 34.8 Å². The predicted octanol–water partition coefficient (Wildman–Crippen LogP) is 4.36. The zero-order chi connectivity index (χ0) is 15.4. The van der Waals surface area contributed by atoms with Crippen molar-refractivity contribution in [2.45, 2.75) is 6.54 Å². The van der Waals surface area contributed by atoms with Crippen molar-refractivity contribution in [3.8, 4) is 11.5 Å². The highest BCUT2D eigenvalue weighted by atomic mass is 79.9. The van der Waals surface area contributed by atoms with Crippen LogP contribution in [-0.2, 0) is 6.54 Å². The largest absolute Gasteiger partial charge is 0.496 e. The molecule has 112 valence electrons. The second-order valence-corrected chi connectivity index (χ2v) is 5.14. The van der Waals surface area contributed by atoms with E-state index in [-0.39, 0.29) is 11.4 Å². The molecule has 0 radical (unpaired) electrons. The lowest BCUT2D eigenvalue weighted by Gasteiger charge is -2.11. The van der Waals surface area contributed by atoms with E-state index in [1.807, 2.05) is 12.1 Å². The van der Waals surface area contributed by atoms with Gasteiger partial charge in [0.05, 0.1) is 24.4 Å². The SMILES string of the molecule is COc1cc(F)c(NCc2ccc(OC)c(Br)c2)cc1F. The maximum absolute atomic E-state index is 13.8.